The zero-order valence-corrected chi connectivity index (χ0v) is 20.5. The number of carbonyl (C=O) groups excluding carboxylic acids is 1. The van der Waals surface area contributed by atoms with E-state index < -0.39 is 0 Å². The third-order valence-corrected chi connectivity index (χ3v) is 5.80. The molecule has 2 unspecified atom stereocenters. The van der Waals surface area contributed by atoms with Gasteiger partial charge in [-0.2, -0.15) is 0 Å². The Morgan fingerprint density at radius 1 is 1.28 bits per heavy atom. The molecule has 29 heavy (non-hydrogen) atoms. The van der Waals surface area contributed by atoms with Gasteiger partial charge in [0, 0.05) is 62.9 Å². The fourth-order valence-electron chi connectivity index (χ4n) is 4.04. The molecule has 0 aromatic heterocycles. The van der Waals surface area contributed by atoms with Crippen molar-refractivity contribution in [3.05, 3.63) is 29.3 Å². The van der Waals surface area contributed by atoms with E-state index in [4.69, 9.17) is 11.6 Å². The van der Waals surface area contributed by atoms with Gasteiger partial charge in [0.2, 0.25) is 5.91 Å². The van der Waals surface area contributed by atoms with Gasteiger partial charge in [0.15, 0.2) is 5.96 Å². The van der Waals surface area contributed by atoms with Gasteiger partial charge in [0.25, 0.3) is 0 Å². The van der Waals surface area contributed by atoms with Crippen LogP contribution < -0.4 is 15.5 Å². The first-order valence-electron chi connectivity index (χ1n) is 10.3. The normalized spacial score (nSPS) is 22.2. The van der Waals surface area contributed by atoms with E-state index in [1.165, 1.54) is 6.42 Å². The Morgan fingerprint density at radius 3 is 2.83 bits per heavy atom. The number of amides is 1. The van der Waals surface area contributed by atoms with Crippen LogP contribution in [0.4, 0.5) is 5.69 Å². The maximum atomic E-state index is 12.4. The first kappa shape index (κ1) is 24.1. The molecule has 162 valence electrons. The molecule has 6 nitrogen and oxygen atoms in total. The lowest BCUT2D eigenvalue weighted by Crippen LogP contribution is -2.46. The molecular weight excluding hydrogens is 501 g/mol. The van der Waals surface area contributed by atoms with E-state index in [2.05, 4.69) is 33.5 Å². The van der Waals surface area contributed by atoms with Crippen LogP contribution in [0.3, 0.4) is 0 Å². The first-order chi connectivity index (χ1) is 13.5. The number of halogens is 2. The van der Waals surface area contributed by atoms with Crippen molar-refractivity contribution >= 4 is 53.1 Å². The van der Waals surface area contributed by atoms with Crippen LogP contribution in [0.5, 0.6) is 0 Å². The highest BCUT2D eigenvalue weighted by atomic mass is 127. The van der Waals surface area contributed by atoms with E-state index in [9.17, 15) is 4.79 Å². The molecule has 2 aliphatic heterocycles. The monoisotopic (exact) mass is 533 g/mol. The van der Waals surface area contributed by atoms with E-state index in [0.717, 1.165) is 55.7 Å². The Labute approximate surface area is 196 Å². The number of piperidine rings is 1. The van der Waals surface area contributed by atoms with Gasteiger partial charge in [-0.25, -0.2) is 0 Å². The molecule has 2 aliphatic rings. The van der Waals surface area contributed by atoms with Gasteiger partial charge in [-0.1, -0.05) is 24.6 Å². The number of hydrogen-bond acceptors (Lipinski definition) is 3. The van der Waals surface area contributed by atoms with E-state index >= 15 is 0 Å². The zero-order valence-electron chi connectivity index (χ0n) is 17.4. The van der Waals surface area contributed by atoms with Crippen molar-refractivity contribution in [1.82, 2.24) is 15.5 Å². The minimum atomic E-state index is 0. The Balaban J connectivity index is 0.00000300. The molecule has 2 saturated heterocycles. The summed E-state index contributed by atoms with van der Waals surface area (Å²) >= 11 is 6.11. The summed E-state index contributed by atoms with van der Waals surface area (Å²) in [6, 6.07) is 8.30. The Morgan fingerprint density at radius 2 is 2.10 bits per heavy atom. The van der Waals surface area contributed by atoms with Crippen LogP contribution in [0.1, 0.15) is 32.6 Å². The zero-order chi connectivity index (χ0) is 19.9. The lowest BCUT2D eigenvalue weighted by molar-refractivity contribution is -0.132. The lowest BCUT2D eigenvalue weighted by Gasteiger charge is -2.31. The number of hydrogen-bond donors (Lipinski definition) is 2. The molecule has 8 heteroatoms. The van der Waals surface area contributed by atoms with E-state index in [1.54, 1.807) is 7.05 Å². The second kappa shape index (κ2) is 11.8. The topological polar surface area (TPSA) is 60.0 Å². The Hall–Kier alpha value is -1.22. The second-order valence-corrected chi connectivity index (χ2v) is 8.33. The van der Waals surface area contributed by atoms with Crippen molar-refractivity contribution in [2.24, 2.45) is 10.9 Å². The number of rotatable bonds is 5. The molecular formula is C21H33ClIN5O. The minimum absolute atomic E-state index is 0. The van der Waals surface area contributed by atoms with Crippen LogP contribution in [-0.4, -0.2) is 62.6 Å². The van der Waals surface area contributed by atoms with Crippen LogP contribution in [0, 0.1) is 5.92 Å². The lowest BCUT2D eigenvalue weighted by atomic mass is 10.00. The quantitative estimate of drug-likeness (QED) is 0.346. The predicted molar refractivity (Wildman–Crippen MR) is 132 cm³/mol. The van der Waals surface area contributed by atoms with Gasteiger partial charge in [-0.3, -0.25) is 9.79 Å². The van der Waals surface area contributed by atoms with Crippen molar-refractivity contribution in [3.63, 3.8) is 0 Å². The summed E-state index contributed by atoms with van der Waals surface area (Å²) in [7, 11) is 1.77. The number of likely N-dealkylation sites (tertiary alicyclic amines) is 1. The summed E-state index contributed by atoms with van der Waals surface area (Å²) < 4.78 is 0. The number of guanidine groups is 1. The molecule has 2 N–H and O–H groups in total. The fourth-order valence-corrected chi connectivity index (χ4v) is 4.22. The number of carbonyl (C=O) groups is 1. The minimum Gasteiger partial charge on any atom is -0.369 e. The number of nitrogens with zero attached hydrogens (tertiary/aromatic N) is 3. The van der Waals surface area contributed by atoms with Gasteiger partial charge < -0.3 is 20.4 Å². The molecule has 1 aromatic carbocycles. The van der Waals surface area contributed by atoms with E-state index in [-0.39, 0.29) is 29.9 Å². The highest BCUT2D eigenvalue weighted by Gasteiger charge is 2.24. The number of aliphatic imine (C=N–C) groups is 1. The summed E-state index contributed by atoms with van der Waals surface area (Å²) in [5, 5.41) is 7.54. The summed E-state index contributed by atoms with van der Waals surface area (Å²) in [4.78, 5) is 21.0. The molecule has 3 rings (SSSR count). The number of nitrogens with one attached hydrogen (secondary N) is 2. The van der Waals surface area contributed by atoms with Crippen molar-refractivity contribution in [2.45, 2.75) is 38.6 Å². The van der Waals surface area contributed by atoms with Gasteiger partial charge in [-0.15, -0.1) is 24.0 Å². The number of anilines is 1. The molecule has 1 amide bonds. The molecule has 0 spiro atoms. The molecule has 0 saturated carbocycles. The van der Waals surface area contributed by atoms with Crippen LogP contribution in [0.25, 0.3) is 0 Å². The molecule has 0 radical (unpaired) electrons. The predicted octanol–water partition coefficient (Wildman–Crippen LogP) is 3.35. The average Bonchev–Trinajstić information content (AvgIpc) is 3.15. The molecule has 2 atom stereocenters. The van der Waals surface area contributed by atoms with E-state index in [1.807, 2.05) is 23.1 Å². The average molecular weight is 534 g/mol. The third-order valence-electron chi connectivity index (χ3n) is 5.57. The van der Waals surface area contributed by atoms with Crippen molar-refractivity contribution in [3.8, 4) is 0 Å². The fraction of sp³-hybridized carbons (Fsp3) is 0.619. The molecule has 2 fully saturated rings. The van der Waals surface area contributed by atoms with Crippen LogP contribution in [-0.2, 0) is 4.79 Å². The highest BCUT2D eigenvalue weighted by Crippen LogP contribution is 2.23. The second-order valence-electron chi connectivity index (χ2n) is 7.89. The van der Waals surface area contributed by atoms with Crippen LogP contribution in [0.2, 0.25) is 5.02 Å². The maximum Gasteiger partial charge on any atom is 0.224 e. The standard InChI is InChI=1S/C21H32ClN5O.HI/c1-16-5-4-11-27(14-16)20(28)8-10-24-21(23-2)25-18-9-12-26(15-18)19-7-3-6-17(22)13-19;/h3,6-7,13,16,18H,4-5,8-12,14-15H2,1-2H3,(H2,23,24,25);1H. The molecule has 0 aliphatic carbocycles. The SMILES string of the molecule is CN=C(NCCC(=O)N1CCCC(C)C1)NC1CCN(c2cccc(Cl)c2)C1.I. The summed E-state index contributed by atoms with van der Waals surface area (Å²) in [5.74, 6) is 1.62. The first-order valence-corrected chi connectivity index (χ1v) is 10.7. The van der Waals surface area contributed by atoms with Gasteiger partial charge in [0.05, 0.1) is 0 Å². The van der Waals surface area contributed by atoms with Gasteiger partial charge in [0.1, 0.15) is 0 Å². The van der Waals surface area contributed by atoms with Crippen molar-refractivity contribution in [1.29, 1.82) is 0 Å². The summed E-state index contributed by atoms with van der Waals surface area (Å²) in [6.07, 6.45) is 3.89. The molecule has 0 bridgehead atoms. The Kier molecular flexibility index (Phi) is 9.82. The van der Waals surface area contributed by atoms with Crippen LogP contribution in [0.15, 0.2) is 29.3 Å². The smallest absolute Gasteiger partial charge is 0.224 e. The van der Waals surface area contributed by atoms with Gasteiger partial charge >= 0.3 is 0 Å². The van der Waals surface area contributed by atoms with E-state index in [0.29, 0.717) is 24.9 Å². The van der Waals surface area contributed by atoms with Crippen molar-refractivity contribution < 1.29 is 4.79 Å². The summed E-state index contributed by atoms with van der Waals surface area (Å²) in [5.41, 5.74) is 1.15. The Bertz CT molecular complexity index is 701. The highest BCUT2D eigenvalue weighted by molar-refractivity contribution is 14.0. The third kappa shape index (κ3) is 7.20. The van der Waals surface area contributed by atoms with Gasteiger partial charge in [-0.05, 0) is 43.4 Å². The molecule has 1 aromatic rings. The number of benzene rings is 1. The van der Waals surface area contributed by atoms with Crippen LogP contribution >= 0.6 is 35.6 Å². The molecule has 2 heterocycles. The maximum absolute atomic E-state index is 12.4. The van der Waals surface area contributed by atoms with Crippen molar-refractivity contribution in [2.75, 3.05) is 44.7 Å². The summed E-state index contributed by atoms with van der Waals surface area (Å²) in [6.45, 7) is 6.52. The largest absolute Gasteiger partial charge is 0.369 e.